The van der Waals surface area contributed by atoms with Crippen LogP contribution >= 0.6 is 11.6 Å². The van der Waals surface area contributed by atoms with Crippen LogP contribution in [0.2, 0.25) is 5.02 Å². The van der Waals surface area contributed by atoms with Gasteiger partial charge in [0, 0.05) is 47.5 Å². The number of imide groups is 1. The average molecular weight is 495 g/mol. The van der Waals surface area contributed by atoms with Gasteiger partial charge in [-0.3, -0.25) is 14.5 Å². The van der Waals surface area contributed by atoms with Crippen LogP contribution in [-0.2, 0) is 16.1 Å². The van der Waals surface area contributed by atoms with Crippen LogP contribution in [-0.4, -0.2) is 57.5 Å². The van der Waals surface area contributed by atoms with Crippen LogP contribution in [0.3, 0.4) is 0 Å². The molecular weight excluding hydrogens is 464 g/mol. The van der Waals surface area contributed by atoms with E-state index < -0.39 is 5.41 Å². The number of amides is 2. The van der Waals surface area contributed by atoms with Crippen molar-refractivity contribution >= 4 is 34.6 Å². The lowest BCUT2D eigenvalue weighted by Gasteiger charge is -2.35. The first-order valence-electron chi connectivity index (χ1n) is 12.1. The number of piperidine rings is 1. The molecule has 0 aliphatic carbocycles. The number of carbonyl (C=O) groups is 2. The fourth-order valence-corrected chi connectivity index (χ4v) is 5.36. The molecule has 2 aliphatic rings. The van der Waals surface area contributed by atoms with Crippen LogP contribution in [0.1, 0.15) is 39.2 Å². The number of benzene rings is 1. The van der Waals surface area contributed by atoms with E-state index in [-0.39, 0.29) is 24.3 Å². The maximum absolute atomic E-state index is 12.9. The monoisotopic (exact) mass is 494 g/mol. The van der Waals surface area contributed by atoms with E-state index in [4.69, 9.17) is 11.6 Å². The standard InChI is InChI=1S/C26H31ClN6O2/c1-16-24(34)32(25(35)26(16,2)3)12-17-10-22-23(29-15-30-33(22)13-17)20-11-18(27)7-8-21(20)31-9-5-6-19(14-31)28-4/h7-8,10-11,13,15-16,19,28H,5-6,9,12,14H2,1-4H3. The average Bonchev–Trinajstić information content (AvgIpc) is 3.33. The third-order valence-corrected chi connectivity index (χ3v) is 7.94. The number of likely N-dealkylation sites (tertiary alicyclic amines) is 1. The van der Waals surface area contributed by atoms with Gasteiger partial charge in [0.25, 0.3) is 0 Å². The number of nitrogens with zero attached hydrogens (tertiary/aromatic N) is 5. The summed E-state index contributed by atoms with van der Waals surface area (Å²) in [5.74, 6) is -0.622. The molecule has 2 fully saturated rings. The molecule has 2 aliphatic heterocycles. The highest BCUT2D eigenvalue weighted by molar-refractivity contribution is 6.31. The zero-order valence-corrected chi connectivity index (χ0v) is 21.3. The Labute approximate surface area is 210 Å². The van der Waals surface area contributed by atoms with Gasteiger partial charge in [-0.1, -0.05) is 32.4 Å². The van der Waals surface area contributed by atoms with Crippen molar-refractivity contribution in [3.63, 3.8) is 0 Å². The number of hydrogen-bond acceptors (Lipinski definition) is 6. The summed E-state index contributed by atoms with van der Waals surface area (Å²) in [5, 5.41) is 8.43. The van der Waals surface area contributed by atoms with Gasteiger partial charge in [-0.2, -0.15) is 5.10 Å². The van der Waals surface area contributed by atoms with Crippen molar-refractivity contribution < 1.29 is 9.59 Å². The van der Waals surface area contributed by atoms with Crippen molar-refractivity contribution in [1.29, 1.82) is 0 Å². The van der Waals surface area contributed by atoms with E-state index in [1.807, 2.05) is 52.2 Å². The highest BCUT2D eigenvalue weighted by Crippen LogP contribution is 2.39. The van der Waals surface area contributed by atoms with Gasteiger partial charge < -0.3 is 10.2 Å². The number of anilines is 1. The van der Waals surface area contributed by atoms with Gasteiger partial charge in [0.15, 0.2) is 0 Å². The van der Waals surface area contributed by atoms with Crippen LogP contribution in [0.15, 0.2) is 36.8 Å². The van der Waals surface area contributed by atoms with E-state index >= 15 is 0 Å². The molecule has 35 heavy (non-hydrogen) atoms. The van der Waals surface area contributed by atoms with Crippen molar-refractivity contribution in [3.8, 4) is 11.3 Å². The normalized spacial score (nSPS) is 22.4. The fourth-order valence-electron chi connectivity index (χ4n) is 5.19. The zero-order chi connectivity index (χ0) is 24.9. The molecule has 1 N–H and O–H groups in total. The van der Waals surface area contributed by atoms with Crippen LogP contribution in [0.5, 0.6) is 0 Å². The fraction of sp³-hybridized carbons (Fsp3) is 0.462. The molecule has 2 amide bonds. The van der Waals surface area contributed by atoms with Crippen LogP contribution in [0.25, 0.3) is 16.8 Å². The van der Waals surface area contributed by atoms with Crippen molar-refractivity contribution in [2.24, 2.45) is 11.3 Å². The Morgan fingerprint density at radius 1 is 1.23 bits per heavy atom. The Morgan fingerprint density at radius 2 is 2.03 bits per heavy atom. The SMILES string of the molecule is CNC1CCCN(c2ccc(Cl)cc2-c2ncnn3cc(CN4C(=O)C(C)C(C)(C)C4=O)cc23)C1. The number of hydrogen-bond donors (Lipinski definition) is 1. The minimum Gasteiger partial charge on any atom is -0.369 e. The number of rotatable bonds is 5. The third-order valence-electron chi connectivity index (χ3n) is 7.70. The summed E-state index contributed by atoms with van der Waals surface area (Å²) < 4.78 is 1.76. The van der Waals surface area contributed by atoms with Crippen LogP contribution < -0.4 is 10.2 Å². The minimum absolute atomic E-state index is 0.136. The summed E-state index contributed by atoms with van der Waals surface area (Å²) in [5.41, 5.74) is 3.72. The van der Waals surface area contributed by atoms with Gasteiger partial charge >= 0.3 is 0 Å². The van der Waals surface area contributed by atoms with E-state index in [1.54, 1.807) is 4.52 Å². The first-order valence-corrected chi connectivity index (χ1v) is 12.5. The van der Waals surface area contributed by atoms with Gasteiger partial charge in [0.1, 0.15) is 6.33 Å². The van der Waals surface area contributed by atoms with Gasteiger partial charge in [0.2, 0.25) is 11.8 Å². The number of halogens is 1. The van der Waals surface area contributed by atoms with E-state index in [9.17, 15) is 9.59 Å². The molecule has 3 aromatic rings. The van der Waals surface area contributed by atoms with Gasteiger partial charge in [-0.25, -0.2) is 9.50 Å². The summed E-state index contributed by atoms with van der Waals surface area (Å²) in [6, 6.07) is 8.32. The van der Waals surface area contributed by atoms with Crippen LogP contribution in [0.4, 0.5) is 5.69 Å². The quantitative estimate of drug-likeness (QED) is 0.544. The summed E-state index contributed by atoms with van der Waals surface area (Å²) in [7, 11) is 2.00. The van der Waals surface area contributed by atoms with Crippen molar-refractivity contribution in [1.82, 2.24) is 24.8 Å². The van der Waals surface area contributed by atoms with E-state index in [0.29, 0.717) is 11.1 Å². The molecule has 2 atom stereocenters. The van der Waals surface area contributed by atoms with Gasteiger partial charge in [0.05, 0.1) is 23.2 Å². The summed E-state index contributed by atoms with van der Waals surface area (Å²) in [6.45, 7) is 7.57. The predicted molar refractivity (Wildman–Crippen MR) is 136 cm³/mol. The Morgan fingerprint density at radius 3 is 2.74 bits per heavy atom. The highest BCUT2D eigenvalue weighted by Gasteiger charge is 2.50. The smallest absolute Gasteiger partial charge is 0.235 e. The molecule has 2 unspecified atom stereocenters. The largest absolute Gasteiger partial charge is 0.369 e. The number of aromatic nitrogens is 3. The first-order chi connectivity index (χ1) is 16.7. The maximum Gasteiger partial charge on any atom is 0.235 e. The molecule has 9 heteroatoms. The van der Waals surface area contributed by atoms with Gasteiger partial charge in [-0.15, -0.1) is 0 Å². The Bertz CT molecular complexity index is 1300. The second-order valence-electron chi connectivity index (χ2n) is 10.2. The summed E-state index contributed by atoms with van der Waals surface area (Å²) in [4.78, 5) is 34.1. The van der Waals surface area contributed by atoms with Crippen molar-refractivity contribution in [3.05, 3.63) is 47.4 Å². The summed E-state index contributed by atoms with van der Waals surface area (Å²) >= 11 is 6.44. The lowest BCUT2D eigenvalue weighted by atomic mass is 9.82. The van der Waals surface area contributed by atoms with Crippen molar-refractivity contribution in [2.75, 3.05) is 25.0 Å². The number of fused-ring (bicyclic) bond motifs is 1. The number of carbonyl (C=O) groups excluding carboxylic acids is 2. The number of likely N-dealkylation sites (N-methyl/N-ethyl adjacent to an activating group) is 1. The summed E-state index contributed by atoms with van der Waals surface area (Å²) in [6.07, 6.45) is 5.65. The van der Waals surface area contributed by atoms with E-state index in [0.717, 1.165) is 54.0 Å². The molecule has 0 radical (unpaired) electrons. The number of nitrogens with one attached hydrogen (secondary N) is 1. The molecule has 2 saturated heterocycles. The molecule has 1 aromatic carbocycles. The molecule has 0 saturated carbocycles. The highest BCUT2D eigenvalue weighted by atomic mass is 35.5. The zero-order valence-electron chi connectivity index (χ0n) is 20.6. The Balaban J connectivity index is 1.53. The first kappa shape index (κ1) is 23.8. The molecule has 8 nitrogen and oxygen atoms in total. The van der Waals surface area contributed by atoms with E-state index in [2.05, 4.69) is 26.4 Å². The van der Waals surface area contributed by atoms with Gasteiger partial charge in [-0.05, 0) is 49.7 Å². The topological polar surface area (TPSA) is 82.8 Å². The maximum atomic E-state index is 12.9. The predicted octanol–water partition coefficient (Wildman–Crippen LogP) is 3.77. The van der Waals surface area contributed by atoms with Crippen molar-refractivity contribution in [2.45, 2.75) is 46.2 Å². The lowest BCUT2D eigenvalue weighted by molar-refractivity contribution is -0.141. The molecule has 5 rings (SSSR count). The lowest BCUT2D eigenvalue weighted by Crippen LogP contribution is -2.44. The second-order valence-corrected chi connectivity index (χ2v) is 10.6. The molecular formula is C26H31ClN6O2. The Kier molecular flexibility index (Phi) is 6.05. The molecule has 4 heterocycles. The molecule has 0 spiro atoms. The van der Waals surface area contributed by atoms with Crippen LogP contribution in [0, 0.1) is 11.3 Å². The molecule has 0 bridgehead atoms. The minimum atomic E-state index is -0.698. The Hall–Kier alpha value is -2.97. The molecule has 184 valence electrons. The molecule has 2 aromatic heterocycles. The van der Waals surface area contributed by atoms with E-state index in [1.165, 1.54) is 11.2 Å². The third kappa shape index (κ3) is 4.08. The second kappa shape index (κ2) is 8.91.